The third-order valence-corrected chi connectivity index (χ3v) is 1.21. The minimum Gasteiger partial charge on any atom is -0.404 e. The molecule has 0 aliphatic carbocycles. The fourth-order valence-electron chi connectivity index (χ4n) is 0.710. The molecule has 0 bridgehead atoms. The van der Waals surface area contributed by atoms with E-state index in [1.54, 1.807) is 6.20 Å². The quantitative estimate of drug-likeness (QED) is 0.454. The monoisotopic (exact) mass is 135 g/mol. The van der Waals surface area contributed by atoms with Gasteiger partial charge in [0.2, 0.25) is 0 Å². The Hall–Kier alpha value is -1.51. The van der Waals surface area contributed by atoms with Crippen molar-refractivity contribution in [2.45, 2.75) is 0 Å². The average molecular weight is 135 g/mol. The molecular weight excluding hydrogens is 126 g/mol. The highest BCUT2D eigenvalue weighted by atomic mass is 14.7. The molecule has 0 aliphatic heterocycles. The van der Waals surface area contributed by atoms with Gasteiger partial charge in [-0.2, -0.15) is 0 Å². The van der Waals surface area contributed by atoms with E-state index in [0.29, 0.717) is 5.35 Å². The second kappa shape index (κ2) is 2.87. The maximum atomic E-state index is 5.29. The summed E-state index contributed by atoms with van der Waals surface area (Å²) in [6.45, 7) is 0. The Morgan fingerprint density at radius 1 is 1.30 bits per heavy atom. The number of nitrogens with two attached hydrogens (primary N) is 2. The third kappa shape index (κ3) is 1.07. The molecule has 0 spiro atoms. The Kier molecular flexibility index (Phi) is 1.89. The van der Waals surface area contributed by atoms with Gasteiger partial charge in [0.25, 0.3) is 0 Å². The van der Waals surface area contributed by atoms with E-state index in [2.05, 4.69) is 4.98 Å². The molecule has 0 aromatic carbocycles. The smallest absolute Gasteiger partial charge is 0.0870 e. The van der Waals surface area contributed by atoms with Crippen LogP contribution in [0.25, 0.3) is 12.4 Å². The third-order valence-electron chi connectivity index (χ3n) is 1.21. The molecule has 0 radical (unpaired) electrons. The van der Waals surface area contributed by atoms with Gasteiger partial charge < -0.3 is 11.5 Å². The van der Waals surface area contributed by atoms with Crippen molar-refractivity contribution in [3.05, 3.63) is 28.9 Å². The van der Waals surface area contributed by atoms with E-state index in [1.807, 2.05) is 12.1 Å². The van der Waals surface area contributed by atoms with Crippen molar-refractivity contribution in [1.29, 1.82) is 0 Å². The fourth-order valence-corrected chi connectivity index (χ4v) is 0.710. The van der Waals surface area contributed by atoms with Crippen molar-refractivity contribution < 1.29 is 0 Å². The zero-order valence-corrected chi connectivity index (χ0v) is 5.49. The fraction of sp³-hybridized carbons (Fsp3) is 0. The summed E-state index contributed by atoms with van der Waals surface area (Å²) < 4.78 is 0. The Bertz CT molecular complexity index is 283. The Morgan fingerprint density at radius 3 is 2.60 bits per heavy atom. The van der Waals surface area contributed by atoms with Crippen LogP contribution in [0.2, 0.25) is 0 Å². The molecular formula is C7H9N3. The predicted molar refractivity (Wildman–Crippen MR) is 40.8 cm³/mol. The molecule has 1 heterocycles. The second-order valence-corrected chi connectivity index (χ2v) is 1.81. The van der Waals surface area contributed by atoms with Crippen LogP contribution in [0.5, 0.6) is 0 Å². The molecule has 0 saturated heterocycles. The SMILES string of the molecule is N/C=c1/cccn/c1=C/N. The van der Waals surface area contributed by atoms with Crippen LogP contribution in [0.15, 0.2) is 18.3 Å². The first-order valence-corrected chi connectivity index (χ1v) is 2.93. The number of rotatable bonds is 0. The molecule has 0 unspecified atom stereocenters. The van der Waals surface area contributed by atoms with Gasteiger partial charge in [-0.15, -0.1) is 0 Å². The lowest BCUT2D eigenvalue weighted by Gasteiger charge is -1.84. The molecule has 10 heavy (non-hydrogen) atoms. The van der Waals surface area contributed by atoms with Gasteiger partial charge in [0.1, 0.15) is 0 Å². The summed E-state index contributed by atoms with van der Waals surface area (Å²) >= 11 is 0. The van der Waals surface area contributed by atoms with E-state index < -0.39 is 0 Å². The van der Waals surface area contributed by atoms with E-state index >= 15 is 0 Å². The highest BCUT2D eigenvalue weighted by molar-refractivity contribution is 5.23. The highest BCUT2D eigenvalue weighted by Gasteiger charge is 1.79. The molecule has 1 rings (SSSR count). The molecule has 1 aromatic heterocycles. The van der Waals surface area contributed by atoms with Gasteiger partial charge in [-0.05, 0) is 12.1 Å². The van der Waals surface area contributed by atoms with Crippen molar-refractivity contribution in [3.8, 4) is 0 Å². The minimum atomic E-state index is 0.713. The maximum absolute atomic E-state index is 5.29. The number of aromatic nitrogens is 1. The van der Waals surface area contributed by atoms with E-state index in [4.69, 9.17) is 11.5 Å². The molecule has 0 atom stereocenters. The van der Waals surface area contributed by atoms with Crippen LogP contribution >= 0.6 is 0 Å². The van der Waals surface area contributed by atoms with Gasteiger partial charge in [-0.25, -0.2) is 0 Å². The molecule has 3 nitrogen and oxygen atoms in total. The Morgan fingerprint density at radius 2 is 2.10 bits per heavy atom. The van der Waals surface area contributed by atoms with Crippen molar-refractivity contribution in [2.75, 3.05) is 0 Å². The first-order valence-electron chi connectivity index (χ1n) is 2.93. The summed E-state index contributed by atoms with van der Waals surface area (Å²) in [5.41, 5.74) is 10.5. The topological polar surface area (TPSA) is 64.9 Å². The van der Waals surface area contributed by atoms with Crippen LogP contribution in [0.4, 0.5) is 0 Å². The van der Waals surface area contributed by atoms with Crippen LogP contribution in [0, 0.1) is 0 Å². The molecule has 0 aliphatic rings. The van der Waals surface area contributed by atoms with E-state index in [0.717, 1.165) is 5.22 Å². The van der Waals surface area contributed by atoms with Gasteiger partial charge in [0.15, 0.2) is 0 Å². The number of pyridine rings is 1. The molecule has 4 N–H and O–H groups in total. The summed E-state index contributed by atoms with van der Waals surface area (Å²) in [5.74, 6) is 0. The Labute approximate surface area is 58.7 Å². The predicted octanol–water partition coefficient (Wildman–Crippen LogP) is -1.52. The van der Waals surface area contributed by atoms with Gasteiger partial charge in [0, 0.05) is 23.8 Å². The zero-order valence-electron chi connectivity index (χ0n) is 5.49. The number of nitrogens with zero attached hydrogens (tertiary/aromatic N) is 1. The van der Waals surface area contributed by atoms with Gasteiger partial charge in [-0.3, -0.25) is 4.98 Å². The van der Waals surface area contributed by atoms with Crippen molar-refractivity contribution in [1.82, 2.24) is 4.98 Å². The first kappa shape index (κ1) is 6.61. The molecule has 0 saturated carbocycles. The summed E-state index contributed by atoms with van der Waals surface area (Å²) in [6.07, 6.45) is 4.58. The summed E-state index contributed by atoms with van der Waals surface area (Å²) in [4.78, 5) is 3.98. The molecule has 1 aromatic rings. The highest BCUT2D eigenvalue weighted by Crippen LogP contribution is 1.62. The van der Waals surface area contributed by atoms with Crippen LogP contribution in [0.1, 0.15) is 0 Å². The molecule has 3 heteroatoms. The lowest BCUT2D eigenvalue weighted by atomic mass is 10.4. The number of hydrogen-bond donors (Lipinski definition) is 2. The van der Waals surface area contributed by atoms with Gasteiger partial charge in [-0.1, -0.05) is 0 Å². The lowest BCUT2D eigenvalue weighted by molar-refractivity contribution is 1.21. The van der Waals surface area contributed by atoms with Crippen LogP contribution < -0.4 is 22.0 Å². The second-order valence-electron chi connectivity index (χ2n) is 1.81. The average Bonchev–Trinajstić information content (AvgIpc) is 2.04. The van der Waals surface area contributed by atoms with Crippen molar-refractivity contribution in [2.24, 2.45) is 11.5 Å². The largest absolute Gasteiger partial charge is 0.404 e. The first-order chi connectivity index (χ1) is 4.88. The van der Waals surface area contributed by atoms with Crippen molar-refractivity contribution >= 4 is 12.4 Å². The van der Waals surface area contributed by atoms with Gasteiger partial charge in [0.05, 0.1) is 5.35 Å². The number of hydrogen-bond acceptors (Lipinski definition) is 3. The summed E-state index contributed by atoms with van der Waals surface area (Å²) in [6, 6.07) is 3.66. The summed E-state index contributed by atoms with van der Waals surface area (Å²) in [5, 5.41) is 1.56. The van der Waals surface area contributed by atoms with Crippen LogP contribution in [0.3, 0.4) is 0 Å². The normalized spacial score (nSPS) is 14.0. The lowest BCUT2D eigenvalue weighted by Crippen LogP contribution is -2.29. The zero-order chi connectivity index (χ0) is 7.40. The van der Waals surface area contributed by atoms with E-state index in [9.17, 15) is 0 Å². The molecule has 52 valence electrons. The Balaban J connectivity index is 3.53. The standard InChI is InChI=1S/C7H9N3/c8-4-6-2-1-3-10-7(6)5-9/h1-5H,8-9H2/b6-4-,7-5+. The molecule has 0 amide bonds. The maximum Gasteiger partial charge on any atom is 0.0870 e. The van der Waals surface area contributed by atoms with Crippen LogP contribution in [-0.4, -0.2) is 4.98 Å². The minimum absolute atomic E-state index is 0.713. The van der Waals surface area contributed by atoms with E-state index in [1.165, 1.54) is 12.4 Å². The summed E-state index contributed by atoms with van der Waals surface area (Å²) in [7, 11) is 0. The van der Waals surface area contributed by atoms with Crippen LogP contribution in [-0.2, 0) is 0 Å². The van der Waals surface area contributed by atoms with Crippen molar-refractivity contribution in [3.63, 3.8) is 0 Å². The molecule has 0 fully saturated rings. The van der Waals surface area contributed by atoms with Gasteiger partial charge >= 0.3 is 0 Å². The van der Waals surface area contributed by atoms with E-state index in [-0.39, 0.29) is 0 Å².